The van der Waals surface area contributed by atoms with E-state index < -0.39 is 17.8 Å². The summed E-state index contributed by atoms with van der Waals surface area (Å²) in [5, 5.41) is 13.3. The Balaban J connectivity index is 2.51. The second-order valence-corrected chi connectivity index (χ2v) is 3.61. The molecular weight excluding hydrogens is 254 g/mol. The highest BCUT2D eigenvalue weighted by molar-refractivity contribution is 5.95. The fourth-order valence-electron chi connectivity index (χ4n) is 1.22. The van der Waals surface area contributed by atoms with Crippen molar-refractivity contribution < 1.29 is 23.9 Å². The predicted molar refractivity (Wildman–Crippen MR) is 64.7 cm³/mol. The third-order valence-corrected chi connectivity index (χ3v) is 2.11. The first-order chi connectivity index (χ1) is 9.04. The molecule has 0 aliphatic heterocycles. The molecule has 1 rings (SSSR count). The molecule has 104 valence electrons. The molecule has 0 aliphatic carbocycles. The maximum Gasteiger partial charge on any atom is 0.305 e. The van der Waals surface area contributed by atoms with Crippen LogP contribution >= 0.6 is 0 Å². The molecule has 0 aliphatic rings. The maximum atomic E-state index is 11.5. The number of hydrogen-bond acceptors (Lipinski definition) is 5. The molecule has 1 heterocycles. The molecule has 0 saturated carbocycles. The smallest absolute Gasteiger partial charge is 0.305 e. The lowest BCUT2D eigenvalue weighted by Crippen LogP contribution is -2.28. The number of carbonyl (C=O) groups excluding carboxylic acids is 2. The first kappa shape index (κ1) is 14.7. The van der Waals surface area contributed by atoms with E-state index >= 15 is 0 Å². The van der Waals surface area contributed by atoms with Gasteiger partial charge in [-0.15, -0.1) is 0 Å². The summed E-state index contributed by atoms with van der Waals surface area (Å²) in [6.45, 7) is 0.595. The van der Waals surface area contributed by atoms with Crippen LogP contribution in [0, 0.1) is 0 Å². The van der Waals surface area contributed by atoms with Crippen LogP contribution in [0.1, 0.15) is 27.5 Å². The van der Waals surface area contributed by atoms with Gasteiger partial charge in [-0.2, -0.15) is 0 Å². The van der Waals surface area contributed by atoms with Gasteiger partial charge in [0.25, 0.3) is 11.8 Å². The molecule has 5 N–H and O–H groups in total. The zero-order chi connectivity index (χ0) is 14.3. The summed E-state index contributed by atoms with van der Waals surface area (Å²) >= 11 is 0. The van der Waals surface area contributed by atoms with Gasteiger partial charge in [0.15, 0.2) is 11.5 Å². The van der Waals surface area contributed by atoms with Gasteiger partial charge in [-0.25, -0.2) is 0 Å². The normalized spacial score (nSPS) is 9.95. The van der Waals surface area contributed by atoms with Crippen LogP contribution in [0.5, 0.6) is 0 Å². The standard InChI is InChI=1S/C11H15N3O5/c12-4-6-14-11(18)8-2-1-7(19-8)10(17)13-5-3-9(15)16/h1-2H,3-6,12H2,(H,13,17)(H,14,18)(H,15,16). The third-order valence-electron chi connectivity index (χ3n) is 2.11. The van der Waals surface area contributed by atoms with Crippen molar-refractivity contribution in [1.29, 1.82) is 0 Å². The van der Waals surface area contributed by atoms with Crippen molar-refractivity contribution in [3.8, 4) is 0 Å². The molecule has 0 unspecified atom stereocenters. The van der Waals surface area contributed by atoms with E-state index in [0.29, 0.717) is 13.1 Å². The minimum Gasteiger partial charge on any atom is -0.481 e. The van der Waals surface area contributed by atoms with Gasteiger partial charge in [-0.3, -0.25) is 14.4 Å². The van der Waals surface area contributed by atoms with E-state index in [2.05, 4.69) is 10.6 Å². The van der Waals surface area contributed by atoms with Crippen LogP contribution in [0.4, 0.5) is 0 Å². The Morgan fingerprint density at radius 3 is 2.11 bits per heavy atom. The number of aliphatic carboxylic acids is 1. The Bertz CT molecular complexity index is 469. The number of nitrogens with one attached hydrogen (secondary N) is 2. The van der Waals surface area contributed by atoms with Gasteiger partial charge in [-0.1, -0.05) is 0 Å². The number of furan rings is 1. The fourth-order valence-corrected chi connectivity index (χ4v) is 1.22. The molecule has 0 spiro atoms. The SMILES string of the molecule is NCCNC(=O)c1ccc(C(=O)NCCC(=O)O)o1. The number of carboxylic acid groups (broad SMARTS) is 1. The Morgan fingerprint density at radius 2 is 1.63 bits per heavy atom. The third kappa shape index (κ3) is 4.80. The second-order valence-electron chi connectivity index (χ2n) is 3.61. The summed E-state index contributed by atoms with van der Waals surface area (Å²) in [7, 11) is 0. The van der Waals surface area contributed by atoms with Gasteiger partial charge in [0.2, 0.25) is 0 Å². The molecule has 2 amide bonds. The largest absolute Gasteiger partial charge is 0.481 e. The molecule has 1 aromatic heterocycles. The van der Waals surface area contributed by atoms with Crippen molar-refractivity contribution in [2.75, 3.05) is 19.6 Å². The summed E-state index contributed by atoms with van der Waals surface area (Å²) in [4.78, 5) is 33.3. The van der Waals surface area contributed by atoms with Crippen molar-refractivity contribution in [2.45, 2.75) is 6.42 Å². The molecule has 0 atom stereocenters. The summed E-state index contributed by atoms with van der Waals surface area (Å²) in [5.41, 5.74) is 5.23. The van der Waals surface area contributed by atoms with Crippen molar-refractivity contribution >= 4 is 17.8 Å². The number of carbonyl (C=O) groups is 3. The van der Waals surface area contributed by atoms with E-state index in [1.54, 1.807) is 0 Å². The molecule has 1 aromatic rings. The quantitative estimate of drug-likeness (QED) is 0.510. The van der Waals surface area contributed by atoms with E-state index in [9.17, 15) is 14.4 Å². The Hall–Kier alpha value is -2.35. The molecule has 0 saturated heterocycles. The predicted octanol–water partition coefficient (Wildman–Crippen LogP) is -0.827. The lowest BCUT2D eigenvalue weighted by molar-refractivity contribution is -0.136. The van der Waals surface area contributed by atoms with E-state index in [0.717, 1.165) is 0 Å². The lowest BCUT2D eigenvalue weighted by Gasteiger charge is -2.01. The molecule has 0 aromatic carbocycles. The van der Waals surface area contributed by atoms with E-state index in [4.69, 9.17) is 15.3 Å². The van der Waals surface area contributed by atoms with Crippen LogP contribution in [0.15, 0.2) is 16.5 Å². The first-order valence-corrected chi connectivity index (χ1v) is 5.62. The van der Waals surface area contributed by atoms with Crippen molar-refractivity contribution in [3.63, 3.8) is 0 Å². The van der Waals surface area contributed by atoms with Crippen LogP contribution in [0.3, 0.4) is 0 Å². The van der Waals surface area contributed by atoms with Crippen molar-refractivity contribution in [3.05, 3.63) is 23.7 Å². The monoisotopic (exact) mass is 269 g/mol. The zero-order valence-electron chi connectivity index (χ0n) is 10.1. The Labute approximate surface area is 108 Å². The topological polar surface area (TPSA) is 135 Å². The van der Waals surface area contributed by atoms with Crippen LogP contribution < -0.4 is 16.4 Å². The van der Waals surface area contributed by atoms with Gasteiger partial charge >= 0.3 is 5.97 Å². The van der Waals surface area contributed by atoms with Crippen LogP contribution in [-0.2, 0) is 4.79 Å². The average molecular weight is 269 g/mol. The highest BCUT2D eigenvalue weighted by Gasteiger charge is 2.15. The highest BCUT2D eigenvalue weighted by atomic mass is 16.4. The minimum atomic E-state index is -1.01. The van der Waals surface area contributed by atoms with Crippen LogP contribution in [0.25, 0.3) is 0 Å². The molecule has 19 heavy (non-hydrogen) atoms. The molecular formula is C11H15N3O5. The van der Waals surface area contributed by atoms with E-state index in [1.165, 1.54) is 12.1 Å². The first-order valence-electron chi connectivity index (χ1n) is 5.62. The molecule has 8 nitrogen and oxygen atoms in total. The van der Waals surface area contributed by atoms with Crippen LogP contribution in [0.2, 0.25) is 0 Å². The zero-order valence-corrected chi connectivity index (χ0v) is 10.1. The summed E-state index contributed by atoms with van der Waals surface area (Å²) in [6, 6.07) is 2.70. The number of nitrogens with two attached hydrogens (primary N) is 1. The Morgan fingerprint density at radius 1 is 1.11 bits per heavy atom. The maximum absolute atomic E-state index is 11.5. The van der Waals surface area contributed by atoms with Gasteiger partial charge in [0.1, 0.15) is 0 Å². The van der Waals surface area contributed by atoms with Gasteiger partial charge in [-0.05, 0) is 12.1 Å². The van der Waals surface area contributed by atoms with Gasteiger partial charge in [0, 0.05) is 19.6 Å². The highest BCUT2D eigenvalue weighted by Crippen LogP contribution is 2.07. The average Bonchev–Trinajstić information content (AvgIpc) is 2.85. The van der Waals surface area contributed by atoms with Crippen molar-refractivity contribution in [2.24, 2.45) is 5.73 Å². The molecule has 0 fully saturated rings. The van der Waals surface area contributed by atoms with Crippen LogP contribution in [-0.4, -0.2) is 42.5 Å². The number of rotatable bonds is 7. The van der Waals surface area contributed by atoms with Gasteiger partial charge in [0.05, 0.1) is 6.42 Å². The van der Waals surface area contributed by atoms with Crippen molar-refractivity contribution in [1.82, 2.24) is 10.6 Å². The molecule has 8 heteroatoms. The summed E-state index contributed by atoms with van der Waals surface area (Å²) in [5.74, 6) is -2.10. The van der Waals surface area contributed by atoms with Gasteiger partial charge < -0.3 is 25.9 Å². The fraction of sp³-hybridized carbons (Fsp3) is 0.364. The lowest BCUT2D eigenvalue weighted by atomic mass is 10.3. The Kier molecular flexibility index (Phi) is 5.55. The van der Waals surface area contributed by atoms with E-state index in [1.807, 2.05) is 0 Å². The number of amides is 2. The second kappa shape index (κ2) is 7.17. The minimum absolute atomic E-state index is 0.00293. The number of carboxylic acids is 1. The summed E-state index contributed by atoms with van der Waals surface area (Å²) in [6.07, 6.45) is -0.184. The molecule has 0 radical (unpaired) electrons. The summed E-state index contributed by atoms with van der Waals surface area (Å²) < 4.78 is 5.05. The van der Waals surface area contributed by atoms with E-state index in [-0.39, 0.29) is 24.5 Å². The molecule has 0 bridgehead atoms. The number of hydrogen-bond donors (Lipinski definition) is 4.